The quantitative estimate of drug-likeness (QED) is 0.452. The van der Waals surface area contributed by atoms with E-state index in [0.717, 1.165) is 12.8 Å². The molecule has 100 valence electrons. The molecule has 0 amide bonds. The number of unbranched alkanes of at least 4 members (excludes halogenated alkanes) is 1. The van der Waals surface area contributed by atoms with Gasteiger partial charge in [0.25, 0.3) is 0 Å². The van der Waals surface area contributed by atoms with Crippen LogP contribution in [0.25, 0.3) is 0 Å². The lowest BCUT2D eigenvalue weighted by Crippen LogP contribution is -2.42. The Hall–Kier alpha value is -1.46. The molecule has 0 aromatic heterocycles. The molecule has 0 fully saturated rings. The molecule has 0 aliphatic carbocycles. The fourth-order valence-corrected chi connectivity index (χ4v) is 1.41. The Balaban J connectivity index is 2.64. The molecule has 0 saturated heterocycles. The van der Waals surface area contributed by atoms with Crippen molar-refractivity contribution in [2.24, 2.45) is 0 Å². The maximum atomic E-state index is 11.6. The van der Waals surface area contributed by atoms with Crippen molar-refractivity contribution in [2.45, 2.75) is 38.6 Å². The van der Waals surface area contributed by atoms with E-state index < -0.39 is 23.6 Å². The number of rotatable bonds is 5. The Bertz CT molecular complexity index is 381. The van der Waals surface area contributed by atoms with Crippen molar-refractivity contribution in [3.05, 3.63) is 24.3 Å². The van der Waals surface area contributed by atoms with Crippen LogP contribution in [0.15, 0.2) is 24.3 Å². The number of ether oxygens (including phenoxy) is 2. The Labute approximate surface area is 106 Å². The van der Waals surface area contributed by atoms with Gasteiger partial charge in [0.1, 0.15) is 0 Å². The van der Waals surface area contributed by atoms with Gasteiger partial charge in [-0.25, -0.2) is 4.79 Å². The van der Waals surface area contributed by atoms with Gasteiger partial charge in [0.15, 0.2) is 17.7 Å². The Morgan fingerprint density at radius 3 is 2.94 bits per heavy atom. The Morgan fingerprint density at radius 1 is 1.67 bits per heavy atom. The fraction of sp³-hybridized carbons (Fsp3) is 0.538. The highest BCUT2D eigenvalue weighted by atomic mass is 16.6. The lowest BCUT2D eigenvalue weighted by molar-refractivity contribution is -0.187. The van der Waals surface area contributed by atoms with E-state index >= 15 is 0 Å². The SMILES string of the molecule is C=C(C(=O)OCCCC)[C@H]1O[C@](C)(O)C=CC1=O. The number of carbonyl (C=O) groups excluding carboxylic acids is 2. The normalized spacial score (nSPS) is 27.1. The first-order valence-corrected chi connectivity index (χ1v) is 5.86. The number of esters is 1. The highest BCUT2D eigenvalue weighted by Crippen LogP contribution is 2.22. The van der Waals surface area contributed by atoms with Crippen LogP contribution in [-0.2, 0) is 19.1 Å². The molecule has 2 atom stereocenters. The zero-order chi connectivity index (χ0) is 13.8. The molecule has 0 radical (unpaired) electrons. The van der Waals surface area contributed by atoms with Crippen molar-refractivity contribution in [1.82, 2.24) is 0 Å². The van der Waals surface area contributed by atoms with Crippen molar-refractivity contribution < 1.29 is 24.2 Å². The second-order valence-electron chi connectivity index (χ2n) is 4.30. The van der Waals surface area contributed by atoms with Gasteiger partial charge in [-0.1, -0.05) is 19.9 Å². The van der Waals surface area contributed by atoms with Crippen LogP contribution < -0.4 is 0 Å². The number of carbonyl (C=O) groups is 2. The molecule has 1 heterocycles. The van der Waals surface area contributed by atoms with Crippen LogP contribution >= 0.6 is 0 Å². The average molecular weight is 254 g/mol. The van der Waals surface area contributed by atoms with Crippen LogP contribution in [0, 0.1) is 0 Å². The largest absolute Gasteiger partial charge is 0.462 e. The number of hydrogen-bond donors (Lipinski definition) is 1. The van der Waals surface area contributed by atoms with Gasteiger partial charge in [-0.3, -0.25) is 4.79 Å². The summed E-state index contributed by atoms with van der Waals surface area (Å²) in [6.45, 7) is 7.13. The predicted octanol–water partition coefficient (Wildman–Crippen LogP) is 1.12. The molecule has 5 heteroatoms. The fourth-order valence-electron chi connectivity index (χ4n) is 1.41. The van der Waals surface area contributed by atoms with Gasteiger partial charge >= 0.3 is 5.97 Å². The van der Waals surface area contributed by atoms with E-state index in [1.807, 2.05) is 6.92 Å². The summed E-state index contributed by atoms with van der Waals surface area (Å²) in [5.41, 5.74) is -0.0965. The van der Waals surface area contributed by atoms with Gasteiger partial charge < -0.3 is 14.6 Å². The highest BCUT2D eigenvalue weighted by molar-refractivity contribution is 6.04. The molecule has 5 nitrogen and oxygen atoms in total. The molecule has 0 spiro atoms. The van der Waals surface area contributed by atoms with Crippen LogP contribution in [0.5, 0.6) is 0 Å². The first-order valence-electron chi connectivity index (χ1n) is 5.86. The van der Waals surface area contributed by atoms with E-state index in [2.05, 4.69) is 6.58 Å². The highest BCUT2D eigenvalue weighted by Gasteiger charge is 2.36. The standard InChI is InChI=1S/C13H18O5/c1-4-5-8-17-12(15)9(2)11-10(14)6-7-13(3,16)18-11/h6-7,11,16H,2,4-5,8H2,1,3H3/t11-,13+/m1/s1. The molecular weight excluding hydrogens is 236 g/mol. The number of ketones is 1. The van der Waals surface area contributed by atoms with E-state index in [-0.39, 0.29) is 12.2 Å². The van der Waals surface area contributed by atoms with Gasteiger partial charge in [-0.05, 0) is 25.5 Å². The maximum Gasteiger partial charge on any atom is 0.336 e. The third kappa shape index (κ3) is 3.78. The molecule has 1 N–H and O–H groups in total. The summed E-state index contributed by atoms with van der Waals surface area (Å²) in [5.74, 6) is -2.68. The van der Waals surface area contributed by atoms with Gasteiger partial charge in [0, 0.05) is 0 Å². The smallest absolute Gasteiger partial charge is 0.336 e. The monoisotopic (exact) mass is 254 g/mol. The summed E-state index contributed by atoms with van der Waals surface area (Å²) < 4.78 is 10.0. The van der Waals surface area contributed by atoms with Gasteiger partial charge in [0.2, 0.25) is 0 Å². The summed E-state index contributed by atoms with van der Waals surface area (Å²) in [4.78, 5) is 23.2. The summed E-state index contributed by atoms with van der Waals surface area (Å²) in [7, 11) is 0. The molecule has 1 aliphatic rings. The van der Waals surface area contributed by atoms with Gasteiger partial charge in [-0.15, -0.1) is 0 Å². The van der Waals surface area contributed by atoms with Crippen molar-refractivity contribution >= 4 is 11.8 Å². The van der Waals surface area contributed by atoms with E-state index in [1.54, 1.807) is 0 Å². The summed E-state index contributed by atoms with van der Waals surface area (Å²) in [5, 5.41) is 9.65. The Kier molecular flexibility index (Phi) is 4.81. The van der Waals surface area contributed by atoms with E-state index in [9.17, 15) is 14.7 Å². The minimum absolute atomic E-state index is 0.0965. The summed E-state index contributed by atoms with van der Waals surface area (Å²) in [6.07, 6.45) is 2.87. The zero-order valence-corrected chi connectivity index (χ0v) is 10.6. The van der Waals surface area contributed by atoms with E-state index in [0.29, 0.717) is 0 Å². The minimum atomic E-state index is -1.58. The minimum Gasteiger partial charge on any atom is -0.462 e. The second-order valence-corrected chi connectivity index (χ2v) is 4.30. The number of aliphatic hydroxyl groups is 1. The van der Waals surface area contributed by atoms with E-state index in [4.69, 9.17) is 9.47 Å². The molecule has 0 unspecified atom stereocenters. The predicted molar refractivity (Wildman–Crippen MR) is 64.7 cm³/mol. The molecule has 1 rings (SSSR count). The van der Waals surface area contributed by atoms with Crippen LogP contribution in [0.4, 0.5) is 0 Å². The number of hydrogen-bond acceptors (Lipinski definition) is 5. The first-order chi connectivity index (χ1) is 8.37. The van der Waals surface area contributed by atoms with Crippen LogP contribution in [0.1, 0.15) is 26.7 Å². The van der Waals surface area contributed by atoms with Crippen molar-refractivity contribution in [3.8, 4) is 0 Å². The molecule has 0 saturated carbocycles. The van der Waals surface area contributed by atoms with E-state index in [1.165, 1.54) is 19.1 Å². The van der Waals surface area contributed by atoms with Crippen LogP contribution in [-0.4, -0.2) is 35.4 Å². The third-order valence-electron chi connectivity index (χ3n) is 2.48. The third-order valence-corrected chi connectivity index (χ3v) is 2.48. The second kappa shape index (κ2) is 5.93. The first kappa shape index (κ1) is 14.6. The molecule has 18 heavy (non-hydrogen) atoms. The molecule has 0 bridgehead atoms. The zero-order valence-electron chi connectivity index (χ0n) is 10.6. The molecule has 0 aromatic carbocycles. The Morgan fingerprint density at radius 2 is 2.33 bits per heavy atom. The molecular formula is C13H18O5. The van der Waals surface area contributed by atoms with Crippen LogP contribution in [0.2, 0.25) is 0 Å². The summed E-state index contributed by atoms with van der Waals surface area (Å²) in [6, 6.07) is 0. The van der Waals surface area contributed by atoms with Gasteiger partial charge in [-0.2, -0.15) is 0 Å². The molecule has 1 aliphatic heterocycles. The van der Waals surface area contributed by atoms with Crippen molar-refractivity contribution in [1.29, 1.82) is 0 Å². The molecule has 0 aromatic rings. The van der Waals surface area contributed by atoms with Crippen molar-refractivity contribution in [2.75, 3.05) is 6.61 Å². The topological polar surface area (TPSA) is 72.8 Å². The lowest BCUT2D eigenvalue weighted by atomic mass is 10.0. The maximum absolute atomic E-state index is 11.6. The van der Waals surface area contributed by atoms with Crippen molar-refractivity contribution in [3.63, 3.8) is 0 Å². The average Bonchev–Trinajstić information content (AvgIpc) is 2.31. The lowest BCUT2D eigenvalue weighted by Gasteiger charge is -2.29. The van der Waals surface area contributed by atoms with Gasteiger partial charge in [0.05, 0.1) is 12.2 Å². The van der Waals surface area contributed by atoms with Crippen LogP contribution in [0.3, 0.4) is 0 Å². The summed E-state index contributed by atoms with van der Waals surface area (Å²) >= 11 is 0.